The standard InChI is InChI=1S/C15H20ClN3/c1-5-13-10(3)18-19(11(13)4)15-7-6-12(9(2)17)8-14(15)16/h6-9H,5,17H2,1-4H3/t9-/m0/s1. The van der Waals surface area contributed by atoms with Crippen molar-refractivity contribution in [2.45, 2.75) is 40.2 Å². The number of rotatable bonds is 3. The van der Waals surface area contributed by atoms with Crippen LogP contribution in [0.2, 0.25) is 5.02 Å². The second-order valence-corrected chi connectivity index (χ2v) is 5.32. The van der Waals surface area contributed by atoms with E-state index in [0.717, 1.165) is 29.1 Å². The molecule has 0 saturated carbocycles. The van der Waals surface area contributed by atoms with Gasteiger partial charge in [0.15, 0.2) is 0 Å². The van der Waals surface area contributed by atoms with Gasteiger partial charge in [0.05, 0.1) is 16.4 Å². The first kappa shape index (κ1) is 14.1. The summed E-state index contributed by atoms with van der Waals surface area (Å²) >= 11 is 6.37. The third-order valence-electron chi connectivity index (χ3n) is 3.52. The Hall–Kier alpha value is -1.32. The van der Waals surface area contributed by atoms with Crippen molar-refractivity contribution in [3.8, 4) is 5.69 Å². The molecule has 0 unspecified atom stereocenters. The molecule has 3 nitrogen and oxygen atoms in total. The average molecular weight is 278 g/mol. The highest BCUT2D eigenvalue weighted by molar-refractivity contribution is 6.32. The Morgan fingerprint density at radius 2 is 2.05 bits per heavy atom. The minimum Gasteiger partial charge on any atom is -0.324 e. The topological polar surface area (TPSA) is 43.8 Å². The van der Waals surface area contributed by atoms with E-state index < -0.39 is 0 Å². The molecule has 2 rings (SSSR count). The van der Waals surface area contributed by atoms with E-state index in [-0.39, 0.29) is 6.04 Å². The zero-order valence-electron chi connectivity index (χ0n) is 11.9. The number of halogens is 1. The van der Waals surface area contributed by atoms with Crippen LogP contribution in [-0.2, 0) is 6.42 Å². The maximum atomic E-state index is 6.37. The summed E-state index contributed by atoms with van der Waals surface area (Å²) in [4.78, 5) is 0. The van der Waals surface area contributed by atoms with Gasteiger partial charge in [-0.05, 0) is 50.5 Å². The van der Waals surface area contributed by atoms with Crippen molar-refractivity contribution in [3.05, 3.63) is 45.7 Å². The molecular weight excluding hydrogens is 258 g/mol. The van der Waals surface area contributed by atoms with Crippen LogP contribution in [0.1, 0.15) is 42.4 Å². The molecule has 0 aliphatic heterocycles. The second-order valence-electron chi connectivity index (χ2n) is 4.91. The van der Waals surface area contributed by atoms with Gasteiger partial charge in [0.2, 0.25) is 0 Å². The third kappa shape index (κ3) is 2.53. The molecule has 4 heteroatoms. The zero-order chi connectivity index (χ0) is 14.2. The molecule has 0 aliphatic carbocycles. The van der Waals surface area contributed by atoms with Crippen LogP contribution in [0.15, 0.2) is 18.2 Å². The van der Waals surface area contributed by atoms with Gasteiger partial charge in [0, 0.05) is 11.7 Å². The molecular formula is C15H20ClN3. The maximum absolute atomic E-state index is 6.37. The summed E-state index contributed by atoms with van der Waals surface area (Å²) in [6.07, 6.45) is 0.979. The van der Waals surface area contributed by atoms with Crippen molar-refractivity contribution in [1.29, 1.82) is 0 Å². The maximum Gasteiger partial charge on any atom is 0.0835 e. The first-order valence-corrected chi connectivity index (χ1v) is 6.94. The average Bonchev–Trinajstić information content (AvgIpc) is 2.64. The SMILES string of the molecule is CCc1c(C)nn(-c2ccc([C@H](C)N)cc2Cl)c1C. The lowest BCUT2D eigenvalue weighted by Crippen LogP contribution is -2.06. The summed E-state index contributed by atoms with van der Waals surface area (Å²) in [7, 11) is 0. The number of aryl methyl sites for hydroxylation is 1. The second kappa shape index (κ2) is 5.35. The van der Waals surface area contributed by atoms with Crippen molar-refractivity contribution < 1.29 is 0 Å². The van der Waals surface area contributed by atoms with Gasteiger partial charge < -0.3 is 5.73 Å². The molecule has 1 aromatic heterocycles. The first-order valence-electron chi connectivity index (χ1n) is 6.56. The van der Waals surface area contributed by atoms with Crippen molar-refractivity contribution in [2.75, 3.05) is 0 Å². The molecule has 0 bridgehead atoms. The fraction of sp³-hybridized carbons (Fsp3) is 0.400. The highest BCUT2D eigenvalue weighted by Gasteiger charge is 2.14. The summed E-state index contributed by atoms with van der Waals surface area (Å²) < 4.78 is 1.92. The Morgan fingerprint density at radius 1 is 1.37 bits per heavy atom. The van der Waals surface area contributed by atoms with Gasteiger partial charge in [0.1, 0.15) is 0 Å². The van der Waals surface area contributed by atoms with Crippen LogP contribution < -0.4 is 5.73 Å². The van der Waals surface area contributed by atoms with Gasteiger partial charge in [-0.2, -0.15) is 5.10 Å². The van der Waals surface area contributed by atoms with Gasteiger partial charge in [-0.3, -0.25) is 0 Å². The molecule has 0 radical (unpaired) electrons. The molecule has 0 fully saturated rings. The largest absolute Gasteiger partial charge is 0.324 e. The van der Waals surface area contributed by atoms with Gasteiger partial charge in [-0.1, -0.05) is 24.6 Å². The van der Waals surface area contributed by atoms with Gasteiger partial charge in [-0.15, -0.1) is 0 Å². The number of benzene rings is 1. The molecule has 0 spiro atoms. The minimum atomic E-state index is -0.0155. The smallest absolute Gasteiger partial charge is 0.0835 e. The number of hydrogen-bond acceptors (Lipinski definition) is 2. The Morgan fingerprint density at radius 3 is 2.53 bits per heavy atom. The van der Waals surface area contributed by atoms with Crippen LogP contribution in [0.4, 0.5) is 0 Å². The van der Waals surface area contributed by atoms with Crippen molar-refractivity contribution in [2.24, 2.45) is 5.73 Å². The predicted molar refractivity (Wildman–Crippen MR) is 80.0 cm³/mol. The van der Waals surface area contributed by atoms with Crippen LogP contribution >= 0.6 is 11.6 Å². The molecule has 1 heterocycles. The Balaban J connectivity index is 2.54. The molecule has 19 heavy (non-hydrogen) atoms. The van der Waals surface area contributed by atoms with E-state index in [1.807, 2.05) is 36.7 Å². The number of aromatic nitrogens is 2. The summed E-state index contributed by atoms with van der Waals surface area (Å²) in [5.74, 6) is 0. The summed E-state index contributed by atoms with van der Waals surface area (Å²) in [6, 6.07) is 5.90. The van der Waals surface area contributed by atoms with Crippen LogP contribution in [0, 0.1) is 13.8 Å². The van der Waals surface area contributed by atoms with E-state index in [0.29, 0.717) is 5.02 Å². The van der Waals surface area contributed by atoms with E-state index >= 15 is 0 Å². The van der Waals surface area contributed by atoms with Gasteiger partial charge in [-0.25, -0.2) is 4.68 Å². The fourth-order valence-electron chi connectivity index (χ4n) is 2.40. The van der Waals surface area contributed by atoms with E-state index in [9.17, 15) is 0 Å². The number of nitrogens with zero attached hydrogens (tertiary/aromatic N) is 2. The normalized spacial score (nSPS) is 12.7. The van der Waals surface area contributed by atoms with Crippen molar-refractivity contribution in [1.82, 2.24) is 9.78 Å². The minimum absolute atomic E-state index is 0.0155. The zero-order valence-corrected chi connectivity index (χ0v) is 12.6. The summed E-state index contributed by atoms with van der Waals surface area (Å²) in [5.41, 5.74) is 11.3. The molecule has 2 N–H and O–H groups in total. The number of nitrogens with two attached hydrogens (primary N) is 1. The summed E-state index contributed by atoms with van der Waals surface area (Å²) in [6.45, 7) is 8.20. The lowest BCUT2D eigenvalue weighted by molar-refractivity contribution is 0.808. The van der Waals surface area contributed by atoms with Crippen LogP contribution in [0.5, 0.6) is 0 Å². The lowest BCUT2D eigenvalue weighted by atomic mass is 10.1. The lowest BCUT2D eigenvalue weighted by Gasteiger charge is -2.11. The third-order valence-corrected chi connectivity index (χ3v) is 3.82. The van der Waals surface area contributed by atoms with Crippen molar-refractivity contribution >= 4 is 11.6 Å². The van der Waals surface area contributed by atoms with Crippen LogP contribution in [0.25, 0.3) is 5.69 Å². The Bertz CT molecular complexity index is 600. The highest BCUT2D eigenvalue weighted by atomic mass is 35.5. The van der Waals surface area contributed by atoms with E-state index in [1.54, 1.807) is 0 Å². The Kier molecular flexibility index (Phi) is 3.97. The highest BCUT2D eigenvalue weighted by Crippen LogP contribution is 2.26. The quantitative estimate of drug-likeness (QED) is 0.929. The fourth-order valence-corrected chi connectivity index (χ4v) is 2.67. The predicted octanol–water partition coefficient (Wildman–Crippen LogP) is 3.72. The molecule has 1 aromatic carbocycles. The molecule has 0 amide bonds. The van der Waals surface area contributed by atoms with Crippen LogP contribution in [-0.4, -0.2) is 9.78 Å². The molecule has 1 atom stereocenters. The van der Waals surface area contributed by atoms with E-state index in [1.165, 1.54) is 5.56 Å². The van der Waals surface area contributed by atoms with E-state index in [2.05, 4.69) is 18.9 Å². The van der Waals surface area contributed by atoms with Crippen molar-refractivity contribution in [3.63, 3.8) is 0 Å². The monoisotopic (exact) mass is 277 g/mol. The van der Waals surface area contributed by atoms with E-state index in [4.69, 9.17) is 17.3 Å². The number of hydrogen-bond donors (Lipinski definition) is 1. The Labute approximate surface area is 119 Å². The molecule has 102 valence electrons. The molecule has 0 saturated heterocycles. The van der Waals surface area contributed by atoms with Gasteiger partial charge in [0.25, 0.3) is 0 Å². The first-order chi connectivity index (χ1) is 8.95. The van der Waals surface area contributed by atoms with Gasteiger partial charge >= 0.3 is 0 Å². The molecule has 2 aromatic rings. The summed E-state index contributed by atoms with van der Waals surface area (Å²) in [5, 5.41) is 5.27. The van der Waals surface area contributed by atoms with Crippen LogP contribution in [0.3, 0.4) is 0 Å². The molecule has 0 aliphatic rings.